The number of carbonyl (C=O) groups excluding carboxylic acids is 2. The number of rotatable bonds is 7. The first-order valence-corrected chi connectivity index (χ1v) is 8.62. The lowest BCUT2D eigenvalue weighted by atomic mass is 10.1. The predicted molar refractivity (Wildman–Crippen MR) is 102 cm³/mol. The summed E-state index contributed by atoms with van der Waals surface area (Å²) in [7, 11) is 0. The monoisotopic (exact) mass is 357 g/mol. The molecule has 0 atom stereocenters. The van der Waals surface area contributed by atoms with Crippen molar-refractivity contribution in [3.63, 3.8) is 0 Å². The molecule has 6 heteroatoms. The molecule has 2 aromatic carbocycles. The van der Waals surface area contributed by atoms with Gasteiger partial charge in [-0.25, -0.2) is 4.39 Å². The quantitative estimate of drug-likeness (QED) is 0.795. The number of hydrogen-bond acceptors (Lipinski definition) is 3. The molecule has 0 saturated carbocycles. The Bertz CT molecular complexity index is 788. The highest BCUT2D eigenvalue weighted by Crippen LogP contribution is 2.20. The molecule has 0 aliphatic rings. The summed E-state index contributed by atoms with van der Waals surface area (Å²) < 4.78 is 13.2. The second-order valence-electron chi connectivity index (χ2n) is 6.00. The van der Waals surface area contributed by atoms with Crippen LogP contribution in [0.5, 0.6) is 0 Å². The van der Waals surface area contributed by atoms with Gasteiger partial charge in [-0.2, -0.15) is 0 Å². The minimum Gasteiger partial charge on any atom is -0.325 e. The highest BCUT2D eigenvalue weighted by atomic mass is 19.1. The summed E-state index contributed by atoms with van der Waals surface area (Å²) in [5.41, 5.74) is 2.36. The number of aryl methyl sites for hydroxylation is 1. The van der Waals surface area contributed by atoms with Crippen molar-refractivity contribution in [2.75, 3.05) is 30.3 Å². The van der Waals surface area contributed by atoms with Crippen LogP contribution in [0.15, 0.2) is 42.5 Å². The second-order valence-corrected chi connectivity index (χ2v) is 6.00. The number of halogens is 1. The highest BCUT2D eigenvalue weighted by molar-refractivity contribution is 6.04. The lowest BCUT2D eigenvalue weighted by molar-refractivity contribution is -0.117. The zero-order valence-corrected chi connectivity index (χ0v) is 15.3. The molecule has 2 aromatic rings. The molecule has 0 unspecified atom stereocenters. The van der Waals surface area contributed by atoms with E-state index in [1.54, 1.807) is 24.3 Å². The smallest absolute Gasteiger partial charge is 0.255 e. The van der Waals surface area contributed by atoms with Crippen LogP contribution < -0.4 is 10.6 Å². The molecule has 0 aromatic heterocycles. The topological polar surface area (TPSA) is 61.4 Å². The van der Waals surface area contributed by atoms with Gasteiger partial charge >= 0.3 is 0 Å². The van der Waals surface area contributed by atoms with Crippen molar-refractivity contribution < 1.29 is 14.0 Å². The molecule has 5 nitrogen and oxygen atoms in total. The molecule has 0 heterocycles. The van der Waals surface area contributed by atoms with Crippen molar-refractivity contribution in [3.05, 3.63) is 59.4 Å². The van der Waals surface area contributed by atoms with Gasteiger partial charge in [0.05, 0.1) is 6.54 Å². The van der Waals surface area contributed by atoms with Crippen LogP contribution in [0.3, 0.4) is 0 Å². The van der Waals surface area contributed by atoms with Crippen LogP contribution in [0.25, 0.3) is 0 Å². The van der Waals surface area contributed by atoms with Crippen molar-refractivity contribution >= 4 is 23.2 Å². The van der Waals surface area contributed by atoms with E-state index in [-0.39, 0.29) is 17.4 Å². The average Bonchev–Trinajstić information content (AvgIpc) is 2.62. The molecule has 2 N–H and O–H groups in total. The molecule has 0 aliphatic carbocycles. The first-order chi connectivity index (χ1) is 12.4. The van der Waals surface area contributed by atoms with E-state index in [2.05, 4.69) is 10.6 Å². The third-order valence-corrected chi connectivity index (χ3v) is 4.11. The lowest BCUT2D eigenvalue weighted by Crippen LogP contribution is -2.33. The van der Waals surface area contributed by atoms with E-state index < -0.39 is 5.82 Å². The molecule has 2 rings (SSSR count). The van der Waals surface area contributed by atoms with Gasteiger partial charge in [0.2, 0.25) is 5.91 Å². The van der Waals surface area contributed by atoms with E-state index in [0.29, 0.717) is 17.9 Å². The maximum Gasteiger partial charge on any atom is 0.255 e. The van der Waals surface area contributed by atoms with Gasteiger partial charge in [-0.1, -0.05) is 19.9 Å². The SMILES string of the molecule is CCN(CC)CC(=O)Nc1ccc(NC(=O)c2cccc(F)c2)cc1C. The van der Waals surface area contributed by atoms with Crippen LogP contribution >= 0.6 is 0 Å². The van der Waals surface area contributed by atoms with E-state index in [4.69, 9.17) is 0 Å². The molecule has 0 saturated heterocycles. The van der Waals surface area contributed by atoms with Crippen LogP contribution in [0.2, 0.25) is 0 Å². The molecule has 0 aliphatic heterocycles. The number of anilines is 2. The second kappa shape index (κ2) is 9.10. The van der Waals surface area contributed by atoms with Crippen LogP contribution in [-0.4, -0.2) is 36.3 Å². The van der Waals surface area contributed by atoms with Crippen molar-refractivity contribution in [2.45, 2.75) is 20.8 Å². The highest BCUT2D eigenvalue weighted by Gasteiger charge is 2.11. The van der Waals surface area contributed by atoms with Crippen LogP contribution in [0, 0.1) is 12.7 Å². The maximum absolute atomic E-state index is 13.2. The third kappa shape index (κ3) is 5.39. The maximum atomic E-state index is 13.2. The van der Waals surface area contributed by atoms with Gasteiger partial charge in [-0.3, -0.25) is 14.5 Å². The minimum atomic E-state index is -0.458. The first kappa shape index (κ1) is 19.6. The van der Waals surface area contributed by atoms with Gasteiger partial charge in [-0.15, -0.1) is 0 Å². The van der Waals surface area contributed by atoms with Crippen LogP contribution in [-0.2, 0) is 4.79 Å². The molecule has 0 fully saturated rings. The van der Waals surface area contributed by atoms with Gasteiger partial charge in [0.1, 0.15) is 5.82 Å². The van der Waals surface area contributed by atoms with E-state index in [0.717, 1.165) is 18.7 Å². The Morgan fingerprint density at radius 2 is 1.77 bits per heavy atom. The van der Waals surface area contributed by atoms with E-state index in [1.165, 1.54) is 18.2 Å². The number of nitrogens with zero attached hydrogens (tertiary/aromatic N) is 1. The van der Waals surface area contributed by atoms with Gasteiger partial charge < -0.3 is 10.6 Å². The molecular formula is C20H24FN3O2. The van der Waals surface area contributed by atoms with Crippen molar-refractivity contribution in [3.8, 4) is 0 Å². The number of amides is 2. The minimum absolute atomic E-state index is 0.0756. The molecule has 0 radical (unpaired) electrons. The van der Waals surface area contributed by atoms with Crippen molar-refractivity contribution in [2.24, 2.45) is 0 Å². The fourth-order valence-corrected chi connectivity index (χ4v) is 2.55. The molecule has 26 heavy (non-hydrogen) atoms. The fraction of sp³-hybridized carbons (Fsp3) is 0.300. The average molecular weight is 357 g/mol. The Kier molecular flexibility index (Phi) is 6.86. The van der Waals surface area contributed by atoms with Gasteiger partial charge in [0.25, 0.3) is 5.91 Å². The normalized spacial score (nSPS) is 10.7. The largest absolute Gasteiger partial charge is 0.325 e. The Morgan fingerprint density at radius 3 is 2.38 bits per heavy atom. The van der Waals surface area contributed by atoms with Crippen molar-refractivity contribution in [1.29, 1.82) is 0 Å². The number of nitrogens with one attached hydrogen (secondary N) is 2. The summed E-state index contributed by atoms with van der Waals surface area (Å²) in [6, 6.07) is 10.7. The number of benzene rings is 2. The fourth-order valence-electron chi connectivity index (χ4n) is 2.55. The molecule has 138 valence electrons. The van der Waals surface area contributed by atoms with Gasteiger partial charge in [-0.05, 0) is 62.0 Å². The van der Waals surface area contributed by atoms with E-state index in [1.807, 2.05) is 25.7 Å². The Morgan fingerprint density at radius 1 is 1.04 bits per heavy atom. The zero-order chi connectivity index (χ0) is 19.1. The summed E-state index contributed by atoms with van der Waals surface area (Å²) in [6.07, 6.45) is 0. The lowest BCUT2D eigenvalue weighted by Gasteiger charge is -2.18. The van der Waals surface area contributed by atoms with E-state index in [9.17, 15) is 14.0 Å². The molecule has 2 amide bonds. The van der Waals surface area contributed by atoms with Gasteiger partial charge in [0.15, 0.2) is 0 Å². The van der Waals surface area contributed by atoms with Gasteiger partial charge in [0, 0.05) is 16.9 Å². The predicted octanol–water partition coefficient (Wildman–Crippen LogP) is 3.67. The van der Waals surface area contributed by atoms with Crippen LogP contribution in [0.4, 0.5) is 15.8 Å². The molecular weight excluding hydrogens is 333 g/mol. The van der Waals surface area contributed by atoms with Crippen molar-refractivity contribution in [1.82, 2.24) is 4.90 Å². The third-order valence-electron chi connectivity index (χ3n) is 4.11. The Hall–Kier alpha value is -2.73. The summed E-state index contributed by atoms with van der Waals surface area (Å²) in [5, 5.41) is 5.62. The standard InChI is InChI=1S/C20H24FN3O2/c1-4-24(5-2)13-19(25)23-18-10-9-17(11-14(18)3)22-20(26)15-7-6-8-16(21)12-15/h6-12H,4-5,13H2,1-3H3,(H,22,26)(H,23,25). The Balaban J connectivity index is 2.02. The number of likely N-dealkylation sites (N-methyl/N-ethyl adjacent to an activating group) is 1. The zero-order valence-electron chi connectivity index (χ0n) is 15.3. The summed E-state index contributed by atoms with van der Waals surface area (Å²) in [6.45, 7) is 7.84. The van der Waals surface area contributed by atoms with Crippen LogP contribution in [0.1, 0.15) is 29.8 Å². The Labute approximate surface area is 153 Å². The number of carbonyl (C=O) groups is 2. The molecule has 0 spiro atoms. The summed E-state index contributed by atoms with van der Waals surface area (Å²) in [5.74, 6) is -0.921. The number of hydrogen-bond donors (Lipinski definition) is 2. The summed E-state index contributed by atoms with van der Waals surface area (Å²) >= 11 is 0. The van der Waals surface area contributed by atoms with E-state index >= 15 is 0 Å². The summed E-state index contributed by atoms with van der Waals surface area (Å²) in [4.78, 5) is 26.3. The first-order valence-electron chi connectivity index (χ1n) is 8.62. The molecule has 0 bridgehead atoms.